The number of carbonyl (C=O) groups excluding carboxylic acids is 1. The SMILES string of the molecule is Cc1nc2ccccc2n1[C@H]1C[C@H]2CC[C@@H](C1)N2CCC1(c2cccc(F)c2)CCN(C(=O)C(C)(C)C(=O)O)CC1. The molecule has 4 heterocycles. The minimum Gasteiger partial charge on any atom is -0.480 e. The minimum atomic E-state index is -1.46. The molecule has 3 fully saturated rings. The number of carbonyl (C=O) groups is 2. The van der Waals surface area contributed by atoms with Gasteiger partial charge in [0.15, 0.2) is 0 Å². The van der Waals surface area contributed by atoms with Gasteiger partial charge < -0.3 is 14.6 Å². The van der Waals surface area contributed by atoms with E-state index in [1.54, 1.807) is 17.0 Å². The van der Waals surface area contributed by atoms with Crippen molar-refractivity contribution in [2.75, 3.05) is 19.6 Å². The van der Waals surface area contributed by atoms with Gasteiger partial charge in [0.1, 0.15) is 17.1 Å². The number of para-hydroxylation sites is 2. The van der Waals surface area contributed by atoms with Crippen LogP contribution in [-0.2, 0) is 15.0 Å². The largest absolute Gasteiger partial charge is 0.480 e. The molecule has 3 atom stereocenters. The van der Waals surface area contributed by atoms with Gasteiger partial charge in [-0.1, -0.05) is 24.3 Å². The first-order valence-electron chi connectivity index (χ1n) is 15.1. The van der Waals surface area contributed by atoms with Crippen molar-refractivity contribution >= 4 is 22.9 Å². The predicted molar refractivity (Wildman–Crippen MR) is 156 cm³/mol. The summed E-state index contributed by atoms with van der Waals surface area (Å²) in [5.41, 5.74) is 1.57. The molecule has 1 aromatic heterocycles. The topological polar surface area (TPSA) is 78.7 Å². The lowest BCUT2D eigenvalue weighted by Crippen LogP contribution is -2.52. The fourth-order valence-electron chi connectivity index (χ4n) is 7.92. The normalized spacial score (nSPS) is 24.6. The molecule has 1 N–H and O–H groups in total. The molecule has 0 unspecified atom stereocenters. The number of nitrogens with zero attached hydrogens (tertiary/aromatic N) is 4. The number of aromatic nitrogens is 2. The molecule has 2 bridgehead atoms. The monoisotopic (exact) mass is 560 g/mol. The first-order chi connectivity index (χ1) is 19.6. The van der Waals surface area contributed by atoms with E-state index in [4.69, 9.17) is 4.98 Å². The van der Waals surface area contributed by atoms with Crippen molar-refractivity contribution in [2.24, 2.45) is 5.41 Å². The maximum absolute atomic E-state index is 14.4. The number of imidazole rings is 1. The molecule has 0 spiro atoms. The Balaban J connectivity index is 1.19. The van der Waals surface area contributed by atoms with Crippen LogP contribution in [0, 0.1) is 18.2 Å². The lowest BCUT2D eigenvalue weighted by Gasteiger charge is -2.46. The van der Waals surface area contributed by atoms with Crippen molar-refractivity contribution in [3.63, 3.8) is 0 Å². The zero-order valence-corrected chi connectivity index (χ0v) is 24.4. The van der Waals surface area contributed by atoms with E-state index in [1.165, 1.54) is 38.3 Å². The molecule has 3 aliphatic heterocycles. The van der Waals surface area contributed by atoms with Gasteiger partial charge >= 0.3 is 5.97 Å². The number of benzene rings is 2. The quantitative estimate of drug-likeness (QED) is 0.375. The highest BCUT2D eigenvalue weighted by molar-refractivity contribution is 6.01. The molecule has 3 saturated heterocycles. The molecule has 0 aliphatic carbocycles. The summed E-state index contributed by atoms with van der Waals surface area (Å²) in [7, 11) is 0. The molecule has 3 aliphatic rings. The molecular formula is C33H41FN4O3. The summed E-state index contributed by atoms with van der Waals surface area (Å²) in [6.07, 6.45) is 6.91. The Morgan fingerprint density at radius 2 is 1.71 bits per heavy atom. The van der Waals surface area contributed by atoms with E-state index in [1.807, 2.05) is 12.1 Å². The molecular weight excluding hydrogens is 519 g/mol. The Morgan fingerprint density at radius 3 is 2.37 bits per heavy atom. The number of halogens is 1. The van der Waals surface area contributed by atoms with Crippen LogP contribution in [0.5, 0.6) is 0 Å². The third-order valence-electron chi connectivity index (χ3n) is 10.4. The molecule has 7 nitrogen and oxygen atoms in total. The summed E-state index contributed by atoms with van der Waals surface area (Å²) in [5.74, 6) is -0.611. The van der Waals surface area contributed by atoms with E-state index in [2.05, 4.69) is 34.6 Å². The second kappa shape index (κ2) is 10.5. The summed E-state index contributed by atoms with van der Waals surface area (Å²) in [6.45, 7) is 6.96. The lowest BCUT2D eigenvalue weighted by atomic mass is 9.70. The van der Waals surface area contributed by atoms with Crippen LogP contribution in [0.3, 0.4) is 0 Å². The lowest BCUT2D eigenvalue weighted by molar-refractivity contribution is -0.159. The average Bonchev–Trinajstić information content (AvgIpc) is 3.42. The summed E-state index contributed by atoms with van der Waals surface area (Å²) in [6, 6.07) is 16.8. The van der Waals surface area contributed by atoms with Gasteiger partial charge in [-0.15, -0.1) is 0 Å². The van der Waals surface area contributed by atoms with Gasteiger partial charge in [-0.05, 0) is 108 Å². The molecule has 8 heteroatoms. The van der Waals surface area contributed by atoms with E-state index in [-0.39, 0.29) is 17.1 Å². The Labute approximate surface area is 241 Å². The number of likely N-dealkylation sites (tertiary alicyclic amines) is 1. The van der Waals surface area contributed by atoms with E-state index in [9.17, 15) is 19.1 Å². The first-order valence-corrected chi connectivity index (χ1v) is 15.1. The number of carboxylic acids is 1. The van der Waals surface area contributed by atoms with Crippen LogP contribution in [0.2, 0.25) is 0 Å². The van der Waals surface area contributed by atoms with Gasteiger partial charge in [-0.3, -0.25) is 14.5 Å². The Kier molecular flexibility index (Phi) is 7.17. The summed E-state index contributed by atoms with van der Waals surface area (Å²) in [5, 5.41) is 9.58. The van der Waals surface area contributed by atoms with Gasteiger partial charge in [0, 0.05) is 31.2 Å². The zero-order valence-electron chi connectivity index (χ0n) is 24.4. The Morgan fingerprint density at radius 1 is 1.02 bits per heavy atom. The highest BCUT2D eigenvalue weighted by atomic mass is 19.1. The number of hydrogen-bond donors (Lipinski definition) is 1. The van der Waals surface area contributed by atoms with Gasteiger partial charge in [-0.2, -0.15) is 0 Å². The zero-order chi connectivity index (χ0) is 28.9. The van der Waals surface area contributed by atoms with Crippen LogP contribution in [0.25, 0.3) is 11.0 Å². The van der Waals surface area contributed by atoms with Crippen molar-refractivity contribution < 1.29 is 19.1 Å². The van der Waals surface area contributed by atoms with Crippen LogP contribution in [0.15, 0.2) is 48.5 Å². The van der Waals surface area contributed by atoms with Gasteiger partial charge in [0.05, 0.1) is 11.0 Å². The highest BCUT2D eigenvalue weighted by Crippen LogP contribution is 2.45. The maximum atomic E-state index is 14.4. The van der Waals surface area contributed by atoms with Crippen LogP contribution in [0.4, 0.5) is 4.39 Å². The fourth-order valence-corrected chi connectivity index (χ4v) is 7.92. The summed E-state index contributed by atoms with van der Waals surface area (Å²) in [4.78, 5) is 34.0. The Bertz CT molecular complexity index is 1440. The molecule has 6 rings (SSSR count). The average molecular weight is 561 g/mol. The van der Waals surface area contributed by atoms with Crippen molar-refractivity contribution in [1.29, 1.82) is 0 Å². The molecule has 218 valence electrons. The molecule has 41 heavy (non-hydrogen) atoms. The number of aryl methyl sites for hydroxylation is 1. The summed E-state index contributed by atoms with van der Waals surface area (Å²) < 4.78 is 16.9. The number of amides is 1. The molecule has 1 amide bonds. The standard InChI is InChI=1S/C33H41FN4O3/c1-22-35-28-9-4-5-10-29(28)38(22)27-20-25-11-12-26(21-27)37(25)18-15-33(23-7-6-8-24(34)19-23)13-16-36(17-14-33)30(39)32(2,3)31(40)41/h4-10,19,25-27H,11-18,20-21H2,1-3H3,(H,40,41)/t25-,26+,27+. The second-order valence-electron chi connectivity index (χ2n) is 13.0. The van der Waals surface area contributed by atoms with Crippen LogP contribution < -0.4 is 0 Å². The number of carboxylic acid groups (broad SMARTS) is 1. The fraction of sp³-hybridized carbons (Fsp3) is 0.545. The first kappa shape index (κ1) is 27.9. The van der Waals surface area contributed by atoms with Gasteiger partial charge in [0.2, 0.25) is 5.91 Å². The second-order valence-corrected chi connectivity index (χ2v) is 13.0. The number of piperidine rings is 2. The molecule has 2 aromatic carbocycles. The third-order valence-corrected chi connectivity index (χ3v) is 10.4. The van der Waals surface area contributed by atoms with Crippen molar-refractivity contribution in [3.05, 3.63) is 65.7 Å². The van der Waals surface area contributed by atoms with E-state index < -0.39 is 11.4 Å². The molecule has 0 radical (unpaired) electrons. The number of fused-ring (bicyclic) bond motifs is 3. The Hall–Kier alpha value is -3.26. The number of aliphatic carboxylic acids is 1. The van der Waals surface area contributed by atoms with E-state index in [0.29, 0.717) is 44.1 Å². The van der Waals surface area contributed by atoms with Crippen LogP contribution in [-0.4, -0.2) is 68.1 Å². The van der Waals surface area contributed by atoms with Crippen LogP contribution >= 0.6 is 0 Å². The maximum Gasteiger partial charge on any atom is 0.318 e. The van der Waals surface area contributed by atoms with E-state index >= 15 is 0 Å². The molecule has 3 aromatic rings. The molecule has 0 saturated carbocycles. The van der Waals surface area contributed by atoms with Crippen molar-refractivity contribution in [2.45, 2.75) is 89.3 Å². The number of rotatable bonds is 7. The minimum absolute atomic E-state index is 0.240. The smallest absolute Gasteiger partial charge is 0.318 e. The van der Waals surface area contributed by atoms with E-state index in [0.717, 1.165) is 42.7 Å². The highest BCUT2D eigenvalue weighted by Gasteiger charge is 2.46. The predicted octanol–water partition coefficient (Wildman–Crippen LogP) is 5.71. The van der Waals surface area contributed by atoms with Crippen LogP contribution in [0.1, 0.15) is 76.2 Å². The van der Waals surface area contributed by atoms with Crippen molar-refractivity contribution in [1.82, 2.24) is 19.4 Å². The van der Waals surface area contributed by atoms with Gasteiger partial charge in [-0.25, -0.2) is 9.37 Å². The third kappa shape index (κ3) is 4.94. The number of hydrogen-bond acceptors (Lipinski definition) is 4. The summed E-state index contributed by atoms with van der Waals surface area (Å²) >= 11 is 0. The van der Waals surface area contributed by atoms with Gasteiger partial charge in [0.25, 0.3) is 0 Å². The van der Waals surface area contributed by atoms with Crippen molar-refractivity contribution in [3.8, 4) is 0 Å².